The predicted octanol–water partition coefficient (Wildman–Crippen LogP) is 0.317. The van der Waals surface area contributed by atoms with Gasteiger partial charge in [0.25, 0.3) is 0 Å². The molecule has 12 heteroatoms. The fraction of sp³-hybridized carbons (Fsp3) is 0.500. The highest BCUT2D eigenvalue weighted by Gasteiger charge is 2.51. The van der Waals surface area contributed by atoms with Crippen LogP contribution < -0.4 is 16.0 Å². The van der Waals surface area contributed by atoms with Crippen molar-refractivity contribution >= 4 is 27.5 Å². The number of nitrogens with zero attached hydrogens (tertiary/aromatic N) is 4. The van der Waals surface area contributed by atoms with Crippen molar-refractivity contribution in [3.8, 4) is 5.69 Å². The van der Waals surface area contributed by atoms with Gasteiger partial charge in [-0.05, 0) is 47.9 Å². The number of carbonyl (C=O) groups excluding carboxylic acids is 2. The first-order chi connectivity index (χ1) is 14.3. The van der Waals surface area contributed by atoms with Gasteiger partial charge in [0.15, 0.2) is 9.84 Å². The summed E-state index contributed by atoms with van der Waals surface area (Å²) in [4.78, 5) is 23.8. The van der Waals surface area contributed by atoms with Crippen molar-refractivity contribution in [1.29, 1.82) is 0 Å². The maximum Gasteiger partial charge on any atom is 0.315 e. The molecule has 3 heterocycles. The van der Waals surface area contributed by atoms with Crippen LogP contribution in [-0.2, 0) is 14.6 Å². The number of rotatable bonds is 7. The summed E-state index contributed by atoms with van der Waals surface area (Å²) in [6.45, 7) is 1.87. The Morgan fingerprint density at radius 2 is 2.13 bits per heavy atom. The summed E-state index contributed by atoms with van der Waals surface area (Å²) in [5.74, 6) is -0.173. The number of sulfone groups is 1. The van der Waals surface area contributed by atoms with Gasteiger partial charge in [0.2, 0.25) is 5.91 Å². The molecule has 30 heavy (non-hydrogen) atoms. The molecular formula is C18H23N7O4S. The van der Waals surface area contributed by atoms with Crippen LogP contribution in [0.15, 0.2) is 24.5 Å². The van der Waals surface area contributed by atoms with Gasteiger partial charge in [0, 0.05) is 12.1 Å². The van der Waals surface area contributed by atoms with Gasteiger partial charge in [-0.25, -0.2) is 17.9 Å². The molecule has 3 atom stereocenters. The monoisotopic (exact) mass is 433 g/mol. The third-order valence-corrected chi connectivity index (χ3v) is 7.91. The number of aromatic nitrogens is 4. The molecule has 2 aliphatic rings. The van der Waals surface area contributed by atoms with E-state index < -0.39 is 15.1 Å². The van der Waals surface area contributed by atoms with E-state index in [4.69, 9.17) is 0 Å². The first kappa shape index (κ1) is 20.3. The highest BCUT2D eigenvalue weighted by molar-refractivity contribution is 7.92. The average Bonchev–Trinajstić information content (AvgIpc) is 3.37. The minimum absolute atomic E-state index is 0.0293. The molecule has 1 aromatic heterocycles. The predicted molar refractivity (Wildman–Crippen MR) is 108 cm³/mol. The SMILES string of the molecule is Cc1c(NC(=O)CCCC[C@@H]2[C@H]3NC(=O)N[C@@H]3CS2(=O)=O)cccc1-n1cnnn1. The van der Waals surface area contributed by atoms with Crippen LogP contribution in [-0.4, -0.2) is 63.6 Å². The molecule has 0 radical (unpaired) electrons. The van der Waals surface area contributed by atoms with E-state index in [2.05, 4.69) is 31.5 Å². The summed E-state index contributed by atoms with van der Waals surface area (Å²) in [7, 11) is -3.25. The Kier molecular flexibility index (Phi) is 5.41. The molecule has 0 bridgehead atoms. The molecular weight excluding hydrogens is 410 g/mol. The lowest BCUT2D eigenvalue weighted by molar-refractivity contribution is -0.116. The molecule has 1 aromatic carbocycles. The van der Waals surface area contributed by atoms with E-state index in [1.807, 2.05) is 25.1 Å². The highest BCUT2D eigenvalue weighted by atomic mass is 32.2. The lowest BCUT2D eigenvalue weighted by atomic mass is 10.0. The molecule has 0 saturated carbocycles. The molecule has 0 spiro atoms. The Morgan fingerprint density at radius 3 is 2.90 bits per heavy atom. The van der Waals surface area contributed by atoms with E-state index in [1.54, 1.807) is 0 Å². The van der Waals surface area contributed by atoms with Crippen molar-refractivity contribution in [2.45, 2.75) is 49.9 Å². The van der Waals surface area contributed by atoms with Crippen molar-refractivity contribution in [2.24, 2.45) is 0 Å². The minimum Gasteiger partial charge on any atom is -0.332 e. The second-order valence-electron chi connectivity index (χ2n) is 7.62. The number of fused-ring (bicyclic) bond motifs is 1. The van der Waals surface area contributed by atoms with Crippen LogP contribution in [0.4, 0.5) is 10.5 Å². The van der Waals surface area contributed by atoms with Crippen molar-refractivity contribution in [3.05, 3.63) is 30.1 Å². The molecule has 2 fully saturated rings. The normalized spacial score (nSPS) is 24.2. The van der Waals surface area contributed by atoms with Crippen LogP contribution in [0.2, 0.25) is 0 Å². The number of amides is 3. The van der Waals surface area contributed by atoms with Gasteiger partial charge in [0.05, 0.1) is 28.8 Å². The molecule has 2 aliphatic heterocycles. The van der Waals surface area contributed by atoms with Gasteiger partial charge in [-0.1, -0.05) is 12.5 Å². The van der Waals surface area contributed by atoms with Crippen LogP contribution in [0.25, 0.3) is 5.69 Å². The zero-order valence-electron chi connectivity index (χ0n) is 16.4. The molecule has 4 rings (SSSR count). The molecule has 0 aliphatic carbocycles. The van der Waals surface area contributed by atoms with Crippen LogP contribution in [0.5, 0.6) is 0 Å². The number of unbranched alkanes of at least 4 members (excludes halogenated alkanes) is 1. The van der Waals surface area contributed by atoms with Crippen molar-refractivity contribution in [1.82, 2.24) is 30.8 Å². The lowest BCUT2D eigenvalue weighted by Crippen LogP contribution is -2.39. The summed E-state index contributed by atoms with van der Waals surface area (Å²) in [6.07, 6.45) is 3.33. The number of urea groups is 1. The molecule has 3 N–H and O–H groups in total. The van der Waals surface area contributed by atoms with E-state index >= 15 is 0 Å². The Hall–Kier alpha value is -3.02. The summed E-state index contributed by atoms with van der Waals surface area (Å²) in [5.41, 5.74) is 2.28. The zero-order valence-corrected chi connectivity index (χ0v) is 17.2. The first-order valence-corrected chi connectivity index (χ1v) is 11.5. The molecule has 2 saturated heterocycles. The van der Waals surface area contributed by atoms with Crippen molar-refractivity contribution in [3.63, 3.8) is 0 Å². The first-order valence-electron chi connectivity index (χ1n) is 9.76. The van der Waals surface area contributed by atoms with Crippen LogP contribution in [0.3, 0.4) is 0 Å². The van der Waals surface area contributed by atoms with E-state index in [1.165, 1.54) is 11.0 Å². The molecule has 11 nitrogen and oxygen atoms in total. The molecule has 0 unspecified atom stereocenters. The van der Waals surface area contributed by atoms with Crippen LogP contribution in [0, 0.1) is 6.92 Å². The summed E-state index contributed by atoms with van der Waals surface area (Å²) < 4.78 is 26.2. The van der Waals surface area contributed by atoms with Crippen molar-refractivity contribution in [2.75, 3.05) is 11.1 Å². The second-order valence-corrected chi connectivity index (χ2v) is 9.88. The fourth-order valence-corrected chi connectivity index (χ4v) is 6.40. The molecule has 2 aromatic rings. The number of benzene rings is 1. The van der Waals surface area contributed by atoms with Gasteiger partial charge < -0.3 is 16.0 Å². The number of carbonyl (C=O) groups is 2. The summed E-state index contributed by atoms with van der Waals surface area (Å²) >= 11 is 0. The van der Waals surface area contributed by atoms with E-state index in [0.29, 0.717) is 24.9 Å². The Labute approximate surface area is 173 Å². The van der Waals surface area contributed by atoms with Gasteiger partial charge in [-0.2, -0.15) is 0 Å². The lowest BCUT2D eigenvalue weighted by Gasteiger charge is -2.16. The minimum atomic E-state index is -3.25. The molecule has 160 valence electrons. The maximum atomic E-state index is 12.4. The van der Waals surface area contributed by atoms with Gasteiger partial charge in [-0.15, -0.1) is 5.10 Å². The molecule has 3 amide bonds. The highest BCUT2D eigenvalue weighted by Crippen LogP contribution is 2.28. The number of hydrogen-bond donors (Lipinski definition) is 3. The summed E-state index contributed by atoms with van der Waals surface area (Å²) in [6, 6.07) is 4.42. The third kappa shape index (κ3) is 3.99. The smallest absolute Gasteiger partial charge is 0.315 e. The Balaban J connectivity index is 1.29. The van der Waals surface area contributed by atoms with E-state index in [9.17, 15) is 18.0 Å². The number of tetrazole rings is 1. The van der Waals surface area contributed by atoms with Crippen LogP contribution in [0.1, 0.15) is 31.2 Å². The quantitative estimate of drug-likeness (QED) is 0.420. The second kappa shape index (κ2) is 8.01. The largest absolute Gasteiger partial charge is 0.332 e. The summed E-state index contributed by atoms with van der Waals surface area (Å²) in [5, 5.41) is 18.8. The van der Waals surface area contributed by atoms with Crippen molar-refractivity contribution < 1.29 is 18.0 Å². The number of anilines is 1. The van der Waals surface area contributed by atoms with Gasteiger partial charge >= 0.3 is 6.03 Å². The number of nitrogens with one attached hydrogen (secondary N) is 3. The third-order valence-electron chi connectivity index (χ3n) is 5.64. The average molecular weight is 433 g/mol. The van der Waals surface area contributed by atoms with Gasteiger partial charge in [0.1, 0.15) is 6.33 Å². The van der Waals surface area contributed by atoms with Gasteiger partial charge in [-0.3, -0.25) is 4.79 Å². The topological polar surface area (TPSA) is 148 Å². The zero-order chi connectivity index (χ0) is 21.3. The fourth-order valence-electron chi connectivity index (χ4n) is 4.13. The Bertz CT molecular complexity index is 1050. The standard InChI is InChI=1S/C18H23N7O4S/c1-11-12(5-4-6-14(11)25-10-19-23-24-25)20-16(26)8-3-2-7-15-17-13(9-30(15,28)29)21-18(27)22-17/h4-6,10,13,15,17H,2-3,7-9H2,1H3,(H,20,26)(H2,21,22,27)/t13-,15-,17+/m1/s1. The Morgan fingerprint density at radius 1 is 1.30 bits per heavy atom. The van der Waals surface area contributed by atoms with E-state index in [-0.39, 0.29) is 36.2 Å². The van der Waals surface area contributed by atoms with Crippen LogP contribution >= 0.6 is 0 Å². The maximum absolute atomic E-state index is 12.4. The number of hydrogen-bond acceptors (Lipinski definition) is 7. The van der Waals surface area contributed by atoms with E-state index in [0.717, 1.165) is 11.3 Å².